The molecule has 3 heterocycles. The van der Waals surface area contributed by atoms with Crippen LogP contribution in [0.3, 0.4) is 0 Å². The average Bonchev–Trinajstić information content (AvgIpc) is 3.28. The molecule has 3 fully saturated rings. The number of carbonyl (C=O) groups is 4. The fraction of sp³-hybridized carbons (Fsp3) is 0.833. The summed E-state index contributed by atoms with van der Waals surface area (Å²) >= 11 is 0. The number of carbonyl (C=O) groups excluding carboxylic acids is 4. The number of hydroxylamine groups is 2. The van der Waals surface area contributed by atoms with Gasteiger partial charge in [0.05, 0.1) is 19.8 Å². The van der Waals surface area contributed by atoms with Crippen LogP contribution in [0.15, 0.2) is 0 Å². The monoisotopic (exact) mass is 612 g/mol. The Hall–Kier alpha value is -2.39. The van der Waals surface area contributed by atoms with Gasteiger partial charge in [-0.25, -0.2) is 9.18 Å². The molecular formula is C24H37FN2O15. The molecule has 3 rings (SSSR count). The molecule has 17 nitrogen and oxygen atoms in total. The number of aliphatic hydroxyl groups excluding tert-OH is 6. The first-order valence-electron chi connectivity index (χ1n) is 13.5. The molecule has 0 aromatic heterocycles. The predicted molar refractivity (Wildman–Crippen MR) is 130 cm³/mol. The lowest BCUT2D eigenvalue weighted by molar-refractivity contribution is -0.352. The third-order valence-corrected chi connectivity index (χ3v) is 6.86. The summed E-state index contributed by atoms with van der Waals surface area (Å²) in [5.41, 5.74) is 0. The zero-order chi connectivity index (χ0) is 31.0. The van der Waals surface area contributed by atoms with E-state index in [0.29, 0.717) is 5.06 Å². The Morgan fingerprint density at radius 3 is 2.12 bits per heavy atom. The number of halogens is 1. The Morgan fingerprint density at radius 2 is 1.48 bits per heavy atom. The van der Waals surface area contributed by atoms with Crippen molar-refractivity contribution in [2.24, 2.45) is 0 Å². The molecule has 0 bridgehead atoms. The van der Waals surface area contributed by atoms with Gasteiger partial charge >= 0.3 is 5.97 Å². The summed E-state index contributed by atoms with van der Waals surface area (Å²) in [5, 5.41) is 62.3. The molecule has 0 aliphatic carbocycles. The van der Waals surface area contributed by atoms with E-state index in [1.807, 2.05) is 0 Å². The van der Waals surface area contributed by atoms with E-state index in [1.54, 1.807) is 0 Å². The van der Waals surface area contributed by atoms with Gasteiger partial charge in [0.15, 0.2) is 18.8 Å². The number of imide groups is 1. The maximum atomic E-state index is 15.3. The second-order valence-electron chi connectivity index (χ2n) is 9.93. The van der Waals surface area contributed by atoms with Crippen molar-refractivity contribution in [1.29, 1.82) is 0 Å². The lowest BCUT2D eigenvalue weighted by atomic mass is 9.97. The van der Waals surface area contributed by atoms with Crippen LogP contribution >= 0.6 is 0 Å². The zero-order valence-electron chi connectivity index (χ0n) is 22.5. The lowest BCUT2D eigenvalue weighted by Crippen LogP contribution is -2.64. The molecule has 0 spiro atoms. The van der Waals surface area contributed by atoms with Crippen molar-refractivity contribution in [2.45, 2.75) is 100 Å². The summed E-state index contributed by atoms with van der Waals surface area (Å²) in [6, 6.07) is 0. The molecular weight excluding hydrogens is 575 g/mol. The van der Waals surface area contributed by atoms with Crippen LogP contribution in [-0.4, -0.2) is 147 Å². The van der Waals surface area contributed by atoms with Crippen LogP contribution in [0.2, 0.25) is 0 Å². The zero-order valence-corrected chi connectivity index (χ0v) is 22.5. The molecule has 18 heteroatoms. The largest absolute Gasteiger partial charge is 0.394 e. The van der Waals surface area contributed by atoms with Crippen LogP contribution in [-0.2, 0) is 43.0 Å². The highest BCUT2D eigenvalue weighted by molar-refractivity contribution is 6.01. The maximum absolute atomic E-state index is 15.3. The first kappa shape index (κ1) is 34.1. The number of hydrogen-bond donors (Lipinski definition) is 7. The third kappa shape index (κ3) is 8.59. The van der Waals surface area contributed by atoms with E-state index >= 15 is 4.39 Å². The molecule has 240 valence electrons. The minimum absolute atomic E-state index is 0.0185. The van der Waals surface area contributed by atoms with Gasteiger partial charge in [0.25, 0.3) is 11.8 Å². The van der Waals surface area contributed by atoms with Crippen molar-refractivity contribution in [1.82, 2.24) is 10.4 Å². The van der Waals surface area contributed by atoms with Gasteiger partial charge < -0.3 is 59.7 Å². The molecule has 10 atom stereocenters. The highest BCUT2D eigenvalue weighted by Crippen LogP contribution is 2.31. The SMILES string of the molecule is O=C(CCCCC(=O)ON1C(=O)CCC1=O)NCCO[C@H]1OC(CO)[C@@H](O)C(O[C@H]2OC(CO)[C@@H](O)C(O)C2O)C1F. The van der Waals surface area contributed by atoms with Crippen molar-refractivity contribution in [3.8, 4) is 0 Å². The summed E-state index contributed by atoms with van der Waals surface area (Å²) in [7, 11) is 0. The van der Waals surface area contributed by atoms with Gasteiger partial charge in [0.2, 0.25) is 5.91 Å². The Balaban J connectivity index is 1.39. The second-order valence-corrected chi connectivity index (χ2v) is 9.93. The average molecular weight is 613 g/mol. The summed E-state index contributed by atoms with van der Waals surface area (Å²) in [6.45, 7) is -1.87. The molecule has 6 unspecified atom stereocenters. The molecule has 0 radical (unpaired) electrons. The van der Waals surface area contributed by atoms with Crippen LogP contribution in [0.1, 0.15) is 38.5 Å². The van der Waals surface area contributed by atoms with Gasteiger partial charge in [-0.3, -0.25) is 14.4 Å². The van der Waals surface area contributed by atoms with E-state index in [9.17, 15) is 49.8 Å². The first-order chi connectivity index (χ1) is 20.0. The number of rotatable bonds is 14. The fourth-order valence-corrected chi connectivity index (χ4v) is 4.47. The van der Waals surface area contributed by atoms with E-state index in [2.05, 4.69) is 5.32 Å². The van der Waals surface area contributed by atoms with E-state index in [-0.39, 0.29) is 51.7 Å². The van der Waals surface area contributed by atoms with E-state index in [4.69, 9.17) is 23.8 Å². The normalized spacial score (nSPS) is 35.4. The molecule has 0 aromatic rings. The number of hydrogen-bond acceptors (Lipinski definition) is 15. The van der Waals surface area contributed by atoms with Crippen LogP contribution in [0.25, 0.3) is 0 Å². The van der Waals surface area contributed by atoms with Crippen LogP contribution in [0.4, 0.5) is 4.39 Å². The van der Waals surface area contributed by atoms with Gasteiger partial charge in [-0.1, -0.05) is 0 Å². The summed E-state index contributed by atoms with van der Waals surface area (Å²) < 4.78 is 36.4. The number of ether oxygens (including phenoxy) is 4. The van der Waals surface area contributed by atoms with Gasteiger partial charge in [-0.15, -0.1) is 5.06 Å². The number of alkyl halides is 1. The quantitative estimate of drug-likeness (QED) is 0.0727. The molecule has 3 saturated heterocycles. The van der Waals surface area contributed by atoms with Crippen molar-refractivity contribution in [3.63, 3.8) is 0 Å². The van der Waals surface area contributed by atoms with Gasteiger partial charge in [-0.2, -0.15) is 0 Å². The van der Waals surface area contributed by atoms with Gasteiger partial charge in [0.1, 0.15) is 42.7 Å². The molecule has 3 aliphatic heterocycles. The summed E-state index contributed by atoms with van der Waals surface area (Å²) in [5.74, 6) is -2.37. The van der Waals surface area contributed by atoms with Crippen molar-refractivity contribution in [2.75, 3.05) is 26.4 Å². The summed E-state index contributed by atoms with van der Waals surface area (Å²) in [4.78, 5) is 51.5. The molecule has 0 aromatic carbocycles. The summed E-state index contributed by atoms with van der Waals surface area (Å²) in [6.07, 6.45) is -16.9. The molecule has 7 N–H and O–H groups in total. The molecule has 3 aliphatic rings. The Kier molecular flexibility index (Phi) is 12.9. The number of amides is 3. The van der Waals surface area contributed by atoms with Gasteiger partial charge in [0, 0.05) is 32.2 Å². The topological polar surface area (TPSA) is 251 Å². The number of aliphatic hydroxyl groups is 6. The number of unbranched alkanes of at least 4 members (excludes halogenated alkanes) is 1. The number of nitrogens with one attached hydrogen (secondary N) is 1. The van der Waals surface area contributed by atoms with E-state index in [0.717, 1.165) is 0 Å². The third-order valence-electron chi connectivity index (χ3n) is 6.86. The molecule has 0 saturated carbocycles. The molecule has 3 amide bonds. The standard InChI is InChI=1S/C24H37FN2O15/c25-17-22(41-24-21(37)20(36)18(34)11(9-28)40-24)19(35)12(10-29)39-23(17)38-8-7-26-13(30)3-1-2-4-16(33)42-27-14(31)5-6-15(27)32/h11-12,17-24,28-29,34-37H,1-10H2,(H,26,30)/t11?,12?,17?,18-,19-,20?,21?,22?,23+,24-/m1/s1. The van der Waals surface area contributed by atoms with Crippen molar-refractivity contribution < 1.29 is 78.0 Å². The maximum Gasteiger partial charge on any atom is 0.333 e. The highest BCUT2D eigenvalue weighted by atomic mass is 19.1. The lowest BCUT2D eigenvalue weighted by Gasteiger charge is -2.45. The predicted octanol–water partition coefficient (Wildman–Crippen LogP) is -4.11. The van der Waals surface area contributed by atoms with Crippen molar-refractivity contribution in [3.05, 3.63) is 0 Å². The van der Waals surface area contributed by atoms with E-state index < -0.39 is 98.4 Å². The van der Waals surface area contributed by atoms with Crippen LogP contribution in [0, 0.1) is 0 Å². The Labute approximate surface area is 239 Å². The minimum atomic E-state index is -2.20. The highest BCUT2D eigenvalue weighted by Gasteiger charge is 2.51. The molecule has 42 heavy (non-hydrogen) atoms. The van der Waals surface area contributed by atoms with Crippen molar-refractivity contribution >= 4 is 23.7 Å². The Morgan fingerprint density at radius 1 is 0.881 bits per heavy atom. The van der Waals surface area contributed by atoms with Crippen LogP contribution < -0.4 is 5.32 Å². The fourth-order valence-electron chi connectivity index (χ4n) is 4.47. The Bertz CT molecular complexity index is 926. The van der Waals surface area contributed by atoms with E-state index in [1.165, 1.54) is 0 Å². The smallest absolute Gasteiger partial charge is 0.333 e. The van der Waals surface area contributed by atoms with Gasteiger partial charge in [-0.05, 0) is 12.8 Å². The minimum Gasteiger partial charge on any atom is -0.394 e. The van der Waals surface area contributed by atoms with Crippen LogP contribution in [0.5, 0.6) is 0 Å². The number of nitrogens with zero attached hydrogens (tertiary/aromatic N) is 1. The first-order valence-corrected chi connectivity index (χ1v) is 13.5. The second kappa shape index (κ2) is 15.9.